The predicted octanol–water partition coefficient (Wildman–Crippen LogP) is 2.14. The molecule has 1 atom stereocenters. The third-order valence-corrected chi connectivity index (χ3v) is 6.27. The van der Waals surface area contributed by atoms with E-state index in [1.165, 1.54) is 41.0 Å². The molecule has 2 aliphatic rings. The molecule has 1 amide bonds. The van der Waals surface area contributed by atoms with E-state index in [0.29, 0.717) is 12.5 Å². The van der Waals surface area contributed by atoms with Crippen molar-refractivity contribution in [3.05, 3.63) is 16.0 Å². The number of quaternary nitrogens is 1. The highest BCUT2D eigenvalue weighted by Crippen LogP contribution is 2.39. The van der Waals surface area contributed by atoms with Crippen LogP contribution >= 0.6 is 11.3 Å². The molecule has 1 aromatic rings. The number of carbonyl (C=O) groups is 1. The number of fused-ring (bicyclic) bond motifs is 1. The van der Waals surface area contributed by atoms with E-state index in [2.05, 4.69) is 18.3 Å². The van der Waals surface area contributed by atoms with E-state index >= 15 is 0 Å². The van der Waals surface area contributed by atoms with Gasteiger partial charge in [-0.25, -0.2) is 0 Å². The zero-order chi connectivity index (χ0) is 16.2. The van der Waals surface area contributed by atoms with Crippen molar-refractivity contribution in [2.24, 2.45) is 5.92 Å². The third kappa shape index (κ3) is 3.94. The van der Waals surface area contributed by atoms with Gasteiger partial charge in [-0.15, -0.1) is 11.3 Å². The van der Waals surface area contributed by atoms with Crippen molar-refractivity contribution < 1.29 is 9.69 Å². The van der Waals surface area contributed by atoms with Gasteiger partial charge in [0.15, 0.2) is 6.54 Å². The first-order valence-electron chi connectivity index (χ1n) is 8.85. The fraction of sp³-hybridized carbons (Fsp3) is 0.667. The van der Waals surface area contributed by atoms with Crippen molar-refractivity contribution in [3.63, 3.8) is 0 Å². The lowest BCUT2D eigenvalue weighted by atomic mass is 9.89. The van der Waals surface area contributed by atoms with Crippen LogP contribution in [0.2, 0.25) is 0 Å². The number of hydrogen-bond donors (Lipinski definition) is 2. The zero-order valence-corrected chi connectivity index (χ0v) is 14.7. The van der Waals surface area contributed by atoms with Crippen LogP contribution in [-0.2, 0) is 17.6 Å². The molecule has 1 aliphatic carbocycles. The summed E-state index contributed by atoms with van der Waals surface area (Å²) < 4.78 is 0. The fourth-order valence-corrected chi connectivity index (χ4v) is 5.14. The number of hydrogen-bond acceptors (Lipinski definition) is 3. The van der Waals surface area contributed by atoms with Crippen LogP contribution in [0, 0.1) is 17.2 Å². The van der Waals surface area contributed by atoms with Crippen LogP contribution in [0.25, 0.3) is 0 Å². The average molecular weight is 332 g/mol. The van der Waals surface area contributed by atoms with E-state index in [-0.39, 0.29) is 5.91 Å². The molecule has 1 saturated heterocycles. The van der Waals surface area contributed by atoms with Gasteiger partial charge in [0, 0.05) is 4.88 Å². The highest BCUT2D eigenvalue weighted by Gasteiger charge is 2.25. The monoisotopic (exact) mass is 332 g/mol. The number of carbonyl (C=O) groups excluding carboxylic acids is 1. The first-order chi connectivity index (χ1) is 11.2. The summed E-state index contributed by atoms with van der Waals surface area (Å²) in [4.78, 5) is 15.1. The Bertz CT molecular complexity index is 609. The van der Waals surface area contributed by atoms with Crippen LogP contribution in [0.15, 0.2) is 0 Å². The van der Waals surface area contributed by atoms with Crippen LogP contribution in [-0.4, -0.2) is 25.5 Å². The van der Waals surface area contributed by atoms with Gasteiger partial charge in [0.05, 0.1) is 18.7 Å². The molecule has 3 rings (SSSR count). The number of thiophene rings is 1. The van der Waals surface area contributed by atoms with Gasteiger partial charge in [0.2, 0.25) is 0 Å². The molecule has 0 aromatic carbocycles. The Balaban J connectivity index is 1.67. The molecule has 2 heterocycles. The Morgan fingerprint density at radius 3 is 2.78 bits per heavy atom. The standard InChI is InChI=1S/C18H25N3OS/c1-13-6-7-14-15(11-19)18(23-16(14)10-13)20-17(22)12-21-8-4-2-3-5-9-21/h13H,2-10,12H2,1H3,(H,20,22)/p+1/t13-/m0/s1. The molecule has 23 heavy (non-hydrogen) atoms. The minimum atomic E-state index is 0.0602. The van der Waals surface area contributed by atoms with Gasteiger partial charge in [-0.2, -0.15) is 5.26 Å². The SMILES string of the molecule is C[C@H]1CCc2c(sc(NC(=O)C[NH+]3CCCCCC3)c2C#N)C1. The Labute approximate surface area is 142 Å². The molecular formula is C18H26N3OS+. The van der Waals surface area contributed by atoms with E-state index in [4.69, 9.17) is 0 Å². The molecule has 124 valence electrons. The van der Waals surface area contributed by atoms with Crippen molar-refractivity contribution in [2.75, 3.05) is 25.0 Å². The lowest BCUT2D eigenvalue weighted by Crippen LogP contribution is -3.12. The van der Waals surface area contributed by atoms with E-state index in [1.807, 2.05) is 0 Å². The zero-order valence-electron chi connectivity index (χ0n) is 13.9. The summed E-state index contributed by atoms with van der Waals surface area (Å²) in [5.41, 5.74) is 1.91. The quantitative estimate of drug-likeness (QED) is 0.891. The molecule has 0 spiro atoms. The molecule has 2 N–H and O–H groups in total. The predicted molar refractivity (Wildman–Crippen MR) is 92.9 cm³/mol. The molecule has 0 saturated carbocycles. The number of nitrogens with one attached hydrogen (secondary N) is 2. The summed E-state index contributed by atoms with van der Waals surface area (Å²) in [5.74, 6) is 0.739. The normalized spacial score (nSPS) is 22.0. The Morgan fingerprint density at radius 1 is 1.35 bits per heavy atom. The van der Waals surface area contributed by atoms with E-state index in [0.717, 1.165) is 42.9 Å². The molecule has 1 aromatic heterocycles. The van der Waals surface area contributed by atoms with Crippen molar-refractivity contribution in [2.45, 2.75) is 51.9 Å². The second-order valence-corrected chi connectivity index (χ2v) is 8.16. The van der Waals surface area contributed by atoms with Gasteiger partial charge in [0.25, 0.3) is 5.91 Å². The first-order valence-corrected chi connectivity index (χ1v) is 9.67. The first kappa shape index (κ1) is 16.5. The number of likely N-dealkylation sites (tertiary alicyclic amines) is 1. The topological polar surface area (TPSA) is 57.3 Å². The molecular weight excluding hydrogens is 306 g/mol. The molecule has 1 aliphatic heterocycles. The van der Waals surface area contributed by atoms with Crippen molar-refractivity contribution in [1.82, 2.24) is 0 Å². The van der Waals surface area contributed by atoms with E-state index < -0.39 is 0 Å². The van der Waals surface area contributed by atoms with Gasteiger partial charge >= 0.3 is 0 Å². The van der Waals surface area contributed by atoms with Gasteiger partial charge in [-0.05, 0) is 56.4 Å². The minimum absolute atomic E-state index is 0.0602. The Hall–Kier alpha value is -1.38. The van der Waals surface area contributed by atoms with Crippen molar-refractivity contribution in [1.29, 1.82) is 5.26 Å². The maximum absolute atomic E-state index is 12.4. The summed E-state index contributed by atoms with van der Waals surface area (Å²) in [6.45, 7) is 4.98. The average Bonchev–Trinajstić information content (AvgIpc) is 2.68. The van der Waals surface area contributed by atoms with Crippen LogP contribution in [0.4, 0.5) is 5.00 Å². The number of amides is 1. The summed E-state index contributed by atoms with van der Waals surface area (Å²) in [6.07, 6.45) is 8.18. The molecule has 4 nitrogen and oxygen atoms in total. The fourth-order valence-electron chi connectivity index (χ4n) is 3.76. The lowest BCUT2D eigenvalue weighted by molar-refractivity contribution is -0.890. The maximum atomic E-state index is 12.4. The van der Waals surface area contributed by atoms with Crippen molar-refractivity contribution >= 4 is 22.2 Å². The number of rotatable bonds is 3. The number of nitriles is 1. The Kier molecular flexibility index (Phi) is 5.34. The van der Waals surface area contributed by atoms with Crippen LogP contribution < -0.4 is 10.2 Å². The minimum Gasteiger partial charge on any atom is -0.327 e. The van der Waals surface area contributed by atoms with E-state index in [1.54, 1.807) is 11.3 Å². The van der Waals surface area contributed by atoms with Crippen LogP contribution in [0.5, 0.6) is 0 Å². The summed E-state index contributed by atoms with van der Waals surface area (Å²) >= 11 is 1.62. The van der Waals surface area contributed by atoms with Crippen LogP contribution in [0.3, 0.4) is 0 Å². The summed E-state index contributed by atoms with van der Waals surface area (Å²) in [6, 6.07) is 2.33. The van der Waals surface area contributed by atoms with E-state index in [9.17, 15) is 10.1 Å². The lowest BCUT2D eigenvalue weighted by Gasteiger charge is -2.17. The summed E-state index contributed by atoms with van der Waals surface area (Å²) in [5, 5.41) is 13.3. The molecule has 1 fully saturated rings. The number of anilines is 1. The maximum Gasteiger partial charge on any atom is 0.280 e. The van der Waals surface area contributed by atoms with Gasteiger partial charge in [-0.3, -0.25) is 4.79 Å². The molecule has 0 bridgehead atoms. The second-order valence-electron chi connectivity index (χ2n) is 7.06. The van der Waals surface area contributed by atoms with Crippen LogP contribution in [0.1, 0.15) is 55.0 Å². The Morgan fingerprint density at radius 2 is 2.09 bits per heavy atom. The van der Waals surface area contributed by atoms with Gasteiger partial charge < -0.3 is 10.2 Å². The second kappa shape index (κ2) is 7.46. The summed E-state index contributed by atoms with van der Waals surface area (Å²) in [7, 11) is 0. The number of nitrogens with zero attached hydrogens (tertiary/aromatic N) is 1. The smallest absolute Gasteiger partial charge is 0.280 e. The molecule has 0 radical (unpaired) electrons. The van der Waals surface area contributed by atoms with Gasteiger partial charge in [0.1, 0.15) is 11.1 Å². The molecule has 0 unspecified atom stereocenters. The van der Waals surface area contributed by atoms with Crippen molar-refractivity contribution in [3.8, 4) is 6.07 Å². The van der Waals surface area contributed by atoms with Gasteiger partial charge in [-0.1, -0.05) is 6.92 Å². The molecule has 5 heteroatoms. The third-order valence-electron chi connectivity index (χ3n) is 5.10. The highest BCUT2D eigenvalue weighted by molar-refractivity contribution is 7.16. The largest absolute Gasteiger partial charge is 0.327 e. The highest BCUT2D eigenvalue weighted by atomic mass is 32.1.